The molecule has 0 saturated heterocycles. The maximum atomic E-state index is 10.3. The number of aromatic nitrogens is 2. The summed E-state index contributed by atoms with van der Waals surface area (Å²) in [5, 5.41) is 14.9. The van der Waals surface area contributed by atoms with Crippen LogP contribution in [-0.2, 0) is 13.5 Å². The highest BCUT2D eigenvalue weighted by Gasteiger charge is 2.30. The van der Waals surface area contributed by atoms with E-state index < -0.39 is 0 Å². The Hall–Kier alpha value is -1.61. The van der Waals surface area contributed by atoms with Gasteiger partial charge in [0, 0.05) is 23.9 Å². The van der Waals surface area contributed by atoms with Gasteiger partial charge in [0.1, 0.15) is 0 Å². The van der Waals surface area contributed by atoms with Crippen LogP contribution in [0.25, 0.3) is 11.3 Å². The fraction of sp³-hybridized carbons (Fsp3) is 0.400. The molecule has 2 aromatic rings. The van der Waals surface area contributed by atoms with Crippen LogP contribution in [0.15, 0.2) is 30.3 Å². The molecule has 0 spiro atoms. The maximum absolute atomic E-state index is 10.3. The van der Waals surface area contributed by atoms with E-state index in [2.05, 4.69) is 12.0 Å². The van der Waals surface area contributed by atoms with Gasteiger partial charge in [-0.15, -0.1) is 0 Å². The summed E-state index contributed by atoms with van der Waals surface area (Å²) < 4.78 is 1.93. The first-order valence-electron chi connectivity index (χ1n) is 6.46. The Bertz CT molecular complexity index is 559. The third kappa shape index (κ3) is 1.75. The lowest BCUT2D eigenvalue weighted by Gasteiger charge is -2.24. The van der Waals surface area contributed by atoms with E-state index in [1.165, 1.54) is 5.69 Å². The molecule has 3 rings (SSSR count). The lowest BCUT2D eigenvalue weighted by atomic mass is 9.85. The van der Waals surface area contributed by atoms with Crippen molar-refractivity contribution in [1.29, 1.82) is 0 Å². The van der Waals surface area contributed by atoms with Gasteiger partial charge in [-0.25, -0.2) is 0 Å². The number of hydrogen-bond acceptors (Lipinski definition) is 2. The van der Waals surface area contributed by atoms with Crippen LogP contribution >= 0.6 is 0 Å². The molecule has 0 saturated carbocycles. The minimum atomic E-state index is -0.382. The number of rotatable bonds is 1. The Morgan fingerprint density at radius 1 is 1.28 bits per heavy atom. The summed E-state index contributed by atoms with van der Waals surface area (Å²) in [7, 11) is 1.97. The Balaban J connectivity index is 2.16. The third-order valence-electron chi connectivity index (χ3n) is 3.75. The zero-order chi connectivity index (χ0) is 12.7. The molecule has 0 fully saturated rings. The number of aryl methyl sites for hydroxylation is 1. The first-order valence-corrected chi connectivity index (χ1v) is 6.46. The van der Waals surface area contributed by atoms with Crippen LogP contribution in [0.1, 0.15) is 30.7 Å². The summed E-state index contributed by atoms with van der Waals surface area (Å²) in [6, 6.07) is 10.1. The first-order chi connectivity index (χ1) is 8.66. The highest BCUT2D eigenvalue weighted by atomic mass is 16.3. The van der Waals surface area contributed by atoms with E-state index in [9.17, 15) is 5.11 Å². The van der Waals surface area contributed by atoms with E-state index >= 15 is 0 Å². The summed E-state index contributed by atoms with van der Waals surface area (Å²) in [4.78, 5) is 0. The van der Waals surface area contributed by atoms with Crippen molar-refractivity contribution in [3.63, 3.8) is 0 Å². The number of aliphatic hydroxyl groups is 1. The molecule has 1 heterocycles. The molecule has 1 aliphatic carbocycles. The topological polar surface area (TPSA) is 38.0 Å². The predicted molar refractivity (Wildman–Crippen MR) is 71.1 cm³/mol. The van der Waals surface area contributed by atoms with Crippen LogP contribution in [0.3, 0.4) is 0 Å². The van der Waals surface area contributed by atoms with E-state index in [1.54, 1.807) is 0 Å². The van der Waals surface area contributed by atoms with Gasteiger partial charge in [0.2, 0.25) is 0 Å². The SMILES string of the molecule is CC1Cc2c(c(-c3ccccc3)nn2C)C(O)C1. The summed E-state index contributed by atoms with van der Waals surface area (Å²) >= 11 is 0. The standard InChI is InChI=1S/C15H18N2O/c1-10-8-12-14(13(18)9-10)15(16-17(12)2)11-6-4-3-5-7-11/h3-7,10,13,18H,8-9H2,1-2H3. The molecule has 2 atom stereocenters. The predicted octanol–water partition coefficient (Wildman–Crippen LogP) is 2.70. The molecule has 0 amide bonds. The van der Waals surface area contributed by atoms with Gasteiger partial charge in [-0.05, 0) is 18.8 Å². The van der Waals surface area contributed by atoms with Gasteiger partial charge < -0.3 is 5.11 Å². The molecule has 1 aromatic carbocycles. The molecule has 1 aromatic heterocycles. The van der Waals surface area contributed by atoms with Gasteiger partial charge >= 0.3 is 0 Å². The molecule has 2 unspecified atom stereocenters. The van der Waals surface area contributed by atoms with Gasteiger partial charge in [-0.1, -0.05) is 37.3 Å². The molecular formula is C15H18N2O. The molecule has 3 nitrogen and oxygen atoms in total. The first kappa shape index (κ1) is 11.5. The quantitative estimate of drug-likeness (QED) is 0.835. The van der Waals surface area contributed by atoms with Crippen LogP contribution in [0.2, 0.25) is 0 Å². The number of hydrogen-bond donors (Lipinski definition) is 1. The van der Waals surface area contributed by atoms with Crippen molar-refractivity contribution < 1.29 is 5.11 Å². The summed E-state index contributed by atoms with van der Waals surface area (Å²) in [5.74, 6) is 0.520. The van der Waals surface area contributed by atoms with Crippen molar-refractivity contribution in [3.8, 4) is 11.3 Å². The Kier molecular flexibility index (Phi) is 2.71. The van der Waals surface area contributed by atoms with E-state index in [0.717, 1.165) is 29.7 Å². The van der Waals surface area contributed by atoms with Crippen LogP contribution in [0.5, 0.6) is 0 Å². The minimum absolute atomic E-state index is 0.382. The summed E-state index contributed by atoms with van der Waals surface area (Å²) in [6.07, 6.45) is 1.45. The van der Waals surface area contributed by atoms with Crippen LogP contribution in [-0.4, -0.2) is 14.9 Å². The zero-order valence-electron chi connectivity index (χ0n) is 10.8. The van der Waals surface area contributed by atoms with Gasteiger partial charge in [0.15, 0.2) is 0 Å². The van der Waals surface area contributed by atoms with Crippen LogP contribution in [0, 0.1) is 5.92 Å². The van der Waals surface area contributed by atoms with Gasteiger partial charge in [-0.3, -0.25) is 4.68 Å². The van der Waals surface area contributed by atoms with E-state index in [4.69, 9.17) is 0 Å². The molecule has 18 heavy (non-hydrogen) atoms. The van der Waals surface area contributed by atoms with Crippen LogP contribution in [0.4, 0.5) is 0 Å². The number of nitrogens with zero attached hydrogens (tertiary/aromatic N) is 2. The fourth-order valence-corrected chi connectivity index (χ4v) is 2.89. The van der Waals surface area contributed by atoms with Gasteiger partial charge in [0.25, 0.3) is 0 Å². The van der Waals surface area contributed by atoms with Crippen molar-refractivity contribution in [2.75, 3.05) is 0 Å². The molecule has 0 aliphatic heterocycles. The van der Waals surface area contributed by atoms with Crippen LogP contribution < -0.4 is 0 Å². The fourth-order valence-electron chi connectivity index (χ4n) is 2.89. The second-order valence-electron chi connectivity index (χ2n) is 5.26. The lowest BCUT2D eigenvalue weighted by Crippen LogP contribution is -2.17. The zero-order valence-corrected chi connectivity index (χ0v) is 10.8. The highest BCUT2D eigenvalue weighted by Crippen LogP contribution is 2.38. The molecule has 1 aliphatic rings. The van der Waals surface area contributed by atoms with Gasteiger partial charge in [0.05, 0.1) is 11.8 Å². The normalized spacial score (nSPS) is 22.8. The van der Waals surface area contributed by atoms with Crippen molar-refractivity contribution in [1.82, 2.24) is 9.78 Å². The highest BCUT2D eigenvalue weighted by molar-refractivity contribution is 5.65. The Morgan fingerprint density at radius 3 is 2.72 bits per heavy atom. The van der Waals surface area contributed by atoms with E-state index in [-0.39, 0.29) is 6.10 Å². The van der Waals surface area contributed by atoms with Crippen molar-refractivity contribution in [2.24, 2.45) is 13.0 Å². The van der Waals surface area contributed by atoms with Gasteiger partial charge in [-0.2, -0.15) is 5.10 Å². The molecular weight excluding hydrogens is 224 g/mol. The largest absolute Gasteiger partial charge is 0.388 e. The van der Waals surface area contributed by atoms with Crippen molar-refractivity contribution in [3.05, 3.63) is 41.6 Å². The molecule has 0 radical (unpaired) electrons. The minimum Gasteiger partial charge on any atom is -0.388 e. The lowest BCUT2D eigenvalue weighted by molar-refractivity contribution is 0.136. The van der Waals surface area contributed by atoms with Crippen molar-refractivity contribution >= 4 is 0 Å². The second-order valence-corrected chi connectivity index (χ2v) is 5.26. The molecule has 94 valence electrons. The number of benzene rings is 1. The smallest absolute Gasteiger partial charge is 0.0984 e. The van der Waals surface area contributed by atoms with Crippen molar-refractivity contribution in [2.45, 2.75) is 25.9 Å². The maximum Gasteiger partial charge on any atom is 0.0984 e. The monoisotopic (exact) mass is 242 g/mol. The Morgan fingerprint density at radius 2 is 2.00 bits per heavy atom. The molecule has 0 bridgehead atoms. The average molecular weight is 242 g/mol. The van der Waals surface area contributed by atoms with E-state index in [1.807, 2.05) is 42.1 Å². The number of aliphatic hydroxyl groups excluding tert-OH is 1. The third-order valence-corrected chi connectivity index (χ3v) is 3.75. The summed E-state index contributed by atoms with van der Waals surface area (Å²) in [5.41, 5.74) is 4.23. The number of fused-ring (bicyclic) bond motifs is 1. The molecule has 1 N–H and O–H groups in total. The summed E-state index contributed by atoms with van der Waals surface area (Å²) in [6.45, 7) is 2.18. The Labute approximate surface area is 107 Å². The second kappa shape index (κ2) is 4.25. The van der Waals surface area contributed by atoms with E-state index in [0.29, 0.717) is 5.92 Å². The average Bonchev–Trinajstić information content (AvgIpc) is 2.68. The molecule has 3 heteroatoms.